The van der Waals surface area contributed by atoms with Crippen molar-refractivity contribution in [2.75, 3.05) is 12.3 Å². The molecule has 23 heavy (non-hydrogen) atoms. The number of sulfone groups is 1. The Morgan fingerprint density at radius 3 is 2.09 bits per heavy atom. The minimum Gasteiger partial charge on any atom is -0.494 e. The molecule has 9 heteroatoms. The summed E-state index contributed by atoms with van der Waals surface area (Å²) < 4.78 is 54.0. The first kappa shape index (κ1) is 17.3. The Bertz CT molecular complexity index is 937. The van der Waals surface area contributed by atoms with Crippen LogP contribution in [0.2, 0.25) is 0 Å². The number of rotatable bonds is 5. The van der Waals surface area contributed by atoms with Gasteiger partial charge in [0.15, 0.2) is 0 Å². The van der Waals surface area contributed by atoms with Crippen LogP contribution in [0.4, 0.5) is 5.69 Å². The molecule has 0 aromatic heterocycles. The van der Waals surface area contributed by atoms with Gasteiger partial charge in [-0.05, 0) is 31.2 Å². The summed E-state index contributed by atoms with van der Waals surface area (Å²) >= 11 is 0. The Hall–Kier alpha value is -2.10. The molecule has 124 valence electrons. The predicted octanol–water partition coefficient (Wildman–Crippen LogP) is 1.15. The Morgan fingerprint density at radius 1 is 0.957 bits per heavy atom. The van der Waals surface area contributed by atoms with Crippen molar-refractivity contribution in [2.24, 2.45) is 5.14 Å². The number of hydrogen-bond acceptors (Lipinski definition) is 6. The summed E-state index contributed by atoms with van der Waals surface area (Å²) in [6, 6.07) is 9.20. The average molecular weight is 356 g/mol. The first-order valence-electron chi connectivity index (χ1n) is 6.57. The van der Waals surface area contributed by atoms with Crippen LogP contribution in [0.5, 0.6) is 5.75 Å². The zero-order valence-electron chi connectivity index (χ0n) is 12.3. The molecule has 0 saturated heterocycles. The molecule has 7 nitrogen and oxygen atoms in total. The van der Waals surface area contributed by atoms with E-state index in [1.54, 1.807) is 6.92 Å². The maximum absolute atomic E-state index is 12.8. The van der Waals surface area contributed by atoms with E-state index in [1.165, 1.54) is 36.4 Å². The largest absolute Gasteiger partial charge is 0.494 e. The van der Waals surface area contributed by atoms with E-state index >= 15 is 0 Å². The first-order valence-corrected chi connectivity index (χ1v) is 9.60. The SMILES string of the molecule is CCOc1ccc(S(=O)(=O)c2ccccc2S(N)(=O)=O)c(N)c1. The van der Waals surface area contributed by atoms with Gasteiger partial charge in [-0.3, -0.25) is 0 Å². The maximum Gasteiger partial charge on any atom is 0.239 e. The van der Waals surface area contributed by atoms with E-state index in [2.05, 4.69) is 0 Å². The zero-order chi connectivity index (χ0) is 17.3. The third kappa shape index (κ3) is 3.46. The third-order valence-corrected chi connectivity index (χ3v) is 6.01. The van der Waals surface area contributed by atoms with Crippen molar-refractivity contribution in [3.05, 3.63) is 42.5 Å². The lowest BCUT2D eigenvalue weighted by Crippen LogP contribution is -2.17. The van der Waals surface area contributed by atoms with E-state index < -0.39 is 29.7 Å². The Kier molecular flexibility index (Phi) is 4.64. The van der Waals surface area contributed by atoms with Crippen molar-refractivity contribution < 1.29 is 21.6 Å². The van der Waals surface area contributed by atoms with Gasteiger partial charge in [-0.1, -0.05) is 12.1 Å². The number of ether oxygens (including phenoxy) is 1. The third-order valence-electron chi connectivity index (χ3n) is 3.03. The fraction of sp³-hybridized carbons (Fsp3) is 0.143. The van der Waals surface area contributed by atoms with Gasteiger partial charge in [0, 0.05) is 6.07 Å². The van der Waals surface area contributed by atoms with E-state index in [4.69, 9.17) is 15.6 Å². The summed E-state index contributed by atoms with van der Waals surface area (Å²) in [5.74, 6) is 0.420. The molecule has 0 heterocycles. The van der Waals surface area contributed by atoms with E-state index in [9.17, 15) is 16.8 Å². The molecule has 0 bridgehead atoms. The number of sulfonamides is 1. The van der Waals surface area contributed by atoms with Crippen molar-refractivity contribution in [1.82, 2.24) is 0 Å². The van der Waals surface area contributed by atoms with Crippen molar-refractivity contribution >= 4 is 25.5 Å². The van der Waals surface area contributed by atoms with Crippen molar-refractivity contribution in [3.63, 3.8) is 0 Å². The molecule has 0 radical (unpaired) electrons. The standard InChI is InChI=1S/C14H16N2O5S2/c1-2-21-10-7-8-12(11(15)9-10)22(17,18)13-5-3-4-6-14(13)23(16,19)20/h3-9H,2,15H2,1H3,(H2,16,19,20). The number of nitrogen functional groups attached to an aromatic ring is 1. The molecule has 2 aromatic carbocycles. The van der Waals surface area contributed by atoms with Gasteiger partial charge in [-0.25, -0.2) is 22.0 Å². The minimum atomic E-state index is -4.20. The molecule has 4 N–H and O–H groups in total. The molecule has 0 unspecified atom stereocenters. The van der Waals surface area contributed by atoms with E-state index in [0.29, 0.717) is 12.4 Å². The summed E-state index contributed by atoms with van der Waals surface area (Å²) in [6.07, 6.45) is 0. The van der Waals surface area contributed by atoms with Crippen LogP contribution in [0, 0.1) is 0 Å². The second-order valence-electron chi connectivity index (χ2n) is 4.63. The lowest BCUT2D eigenvalue weighted by molar-refractivity contribution is 0.340. The average Bonchev–Trinajstić information content (AvgIpc) is 2.46. The molecule has 0 amide bonds. The van der Waals surface area contributed by atoms with Crippen LogP contribution in [0.25, 0.3) is 0 Å². The van der Waals surface area contributed by atoms with Crippen molar-refractivity contribution in [2.45, 2.75) is 21.6 Å². The lowest BCUT2D eigenvalue weighted by Gasteiger charge is -2.12. The number of nitrogens with two attached hydrogens (primary N) is 2. The second kappa shape index (κ2) is 6.19. The predicted molar refractivity (Wildman–Crippen MR) is 85.3 cm³/mol. The molecule has 0 aliphatic carbocycles. The monoisotopic (exact) mass is 356 g/mol. The molecular formula is C14H16N2O5S2. The van der Waals surface area contributed by atoms with Gasteiger partial charge < -0.3 is 10.5 Å². The summed E-state index contributed by atoms with van der Waals surface area (Å²) in [7, 11) is -8.35. The molecule has 0 aliphatic rings. The molecular weight excluding hydrogens is 340 g/mol. The first-order chi connectivity index (χ1) is 10.7. The zero-order valence-corrected chi connectivity index (χ0v) is 13.9. The van der Waals surface area contributed by atoms with Gasteiger partial charge in [0.2, 0.25) is 19.9 Å². The highest BCUT2D eigenvalue weighted by Gasteiger charge is 2.27. The molecule has 0 atom stereocenters. The number of primary sulfonamides is 1. The Balaban J connectivity index is 2.65. The normalized spacial score (nSPS) is 12.1. The molecule has 2 aromatic rings. The van der Waals surface area contributed by atoms with Crippen LogP contribution in [0.15, 0.2) is 57.2 Å². The second-order valence-corrected chi connectivity index (χ2v) is 8.04. The topological polar surface area (TPSA) is 130 Å². The highest BCUT2D eigenvalue weighted by molar-refractivity contribution is 7.93. The molecule has 0 fully saturated rings. The minimum absolute atomic E-state index is 0.0415. The van der Waals surface area contributed by atoms with Gasteiger partial charge in [0.25, 0.3) is 0 Å². The maximum atomic E-state index is 12.8. The van der Waals surface area contributed by atoms with E-state index in [0.717, 1.165) is 6.07 Å². The summed E-state index contributed by atoms with van der Waals surface area (Å²) in [6.45, 7) is 2.18. The van der Waals surface area contributed by atoms with Gasteiger partial charge in [0.1, 0.15) is 10.6 Å². The molecule has 2 rings (SSSR count). The van der Waals surface area contributed by atoms with Gasteiger partial charge >= 0.3 is 0 Å². The van der Waals surface area contributed by atoms with E-state index in [-0.39, 0.29) is 10.6 Å². The number of benzene rings is 2. The molecule has 0 saturated carbocycles. The van der Waals surface area contributed by atoms with E-state index in [1.807, 2.05) is 0 Å². The van der Waals surface area contributed by atoms with Crippen LogP contribution in [0.1, 0.15) is 6.92 Å². The molecule has 0 spiro atoms. The Labute approximate surface area is 134 Å². The Morgan fingerprint density at radius 2 is 1.57 bits per heavy atom. The van der Waals surface area contributed by atoms with Gasteiger partial charge in [0.05, 0.1) is 22.1 Å². The fourth-order valence-electron chi connectivity index (χ4n) is 2.05. The highest BCUT2D eigenvalue weighted by Crippen LogP contribution is 2.31. The van der Waals surface area contributed by atoms with Crippen LogP contribution in [-0.4, -0.2) is 23.4 Å². The van der Waals surface area contributed by atoms with Crippen LogP contribution >= 0.6 is 0 Å². The van der Waals surface area contributed by atoms with Gasteiger partial charge in [-0.2, -0.15) is 0 Å². The number of hydrogen-bond donors (Lipinski definition) is 2. The van der Waals surface area contributed by atoms with Crippen LogP contribution in [0.3, 0.4) is 0 Å². The summed E-state index contributed by atoms with van der Waals surface area (Å²) in [5.41, 5.74) is 5.75. The summed E-state index contributed by atoms with van der Waals surface area (Å²) in [4.78, 5) is -1.11. The molecule has 0 aliphatic heterocycles. The number of anilines is 1. The lowest BCUT2D eigenvalue weighted by atomic mass is 10.3. The summed E-state index contributed by atoms with van der Waals surface area (Å²) in [5, 5.41) is 5.09. The van der Waals surface area contributed by atoms with Crippen molar-refractivity contribution in [1.29, 1.82) is 0 Å². The fourth-order valence-corrected chi connectivity index (χ4v) is 4.79. The van der Waals surface area contributed by atoms with Gasteiger partial charge in [-0.15, -0.1) is 0 Å². The van der Waals surface area contributed by atoms with Crippen LogP contribution < -0.4 is 15.6 Å². The smallest absolute Gasteiger partial charge is 0.239 e. The quantitative estimate of drug-likeness (QED) is 0.773. The van der Waals surface area contributed by atoms with Crippen molar-refractivity contribution in [3.8, 4) is 5.75 Å². The van der Waals surface area contributed by atoms with Crippen LogP contribution in [-0.2, 0) is 19.9 Å². The highest BCUT2D eigenvalue weighted by atomic mass is 32.2.